The molecule has 0 saturated carbocycles. The molecule has 0 saturated heterocycles. The van der Waals surface area contributed by atoms with E-state index in [-0.39, 0.29) is 0 Å². The molecule has 0 aliphatic carbocycles. The number of ether oxygens (including phenoxy) is 1. The molecule has 5 nitrogen and oxygen atoms in total. The molecule has 0 bridgehead atoms. The second-order valence-electron chi connectivity index (χ2n) is 4.65. The molecule has 104 valence electrons. The number of fused-ring (bicyclic) bond motifs is 1. The Bertz CT molecular complexity index is 535. The van der Waals surface area contributed by atoms with E-state index in [1.165, 1.54) is 5.56 Å². The first kappa shape index (κ1) is 14.0. The van der Waals surface area contributed by atoms with Gasteiger partial charge in [0.1, 0.15) is 0 Å². The number of hydrogen-bond donors (Lipinski definition) is 1. The molecular formula is C14H22N4O. The molecule has 0 amide bonds. The van der Waals surface area contributed by atoms with E-state index in [0.29, 0.717) is 0 Å². The lowest BCUT2D eigenvalue weighted by molar-refractivity contribution is 0.144. The first-order chi connectivity index (χ1) is 9.22. The number of nitrogens with zero attached hydrogens (tertiary/aromatic N) is 3. The lowest BCUT2D eigenvalue weighted by Gasteiger charge is -2.05. The molecule has 2 rings (SSSR count). The summed E-state index contributed by atoms with van der Waals surface area (Å²) >= 11 is 0. The zero-order valence-corrected chi connectivity index (χ0v) is 11.9. The molecule has 0 aromatic carbocycles. The van der Waals surface area contributed by atoms with Crippen LogP contribution in [0.4, 0.5) is 0 Å². The smallest absolute Gasteiger partial charge is 0.157 e. The number of aromatic nitrogens is 3. The van der Waals surface area contributed by atoms with E-state index in [0.717, 1.165) is 49.5 Å². The van der Waals surface area contributed by atoms with Crippen molar-refractivity contribution in [1.29, 1.82) is 0 Å². The normalized spacial score (nSPS) is 11.3. The van der Waals surface area contributed by atoms with Gasteiger partial charge in [-0.1, -0.05) is 0 Å². The first-order valence-corrected chi connectivity index (χ1v) is 6.79. The Hall–Kier alpha value is -1.46. The monoisotopic (exact) mass is 262 g/mol. The Labute approximate surface area is 114 Å². The van der Waals surface area contributed by atoms with Gasteiger partial charge in [-0.05, 0) is 38.4 Å². The van der Waals surface area contributed by atoms with Crippen LogP contribution in [-0.2, 0) is 18.3 Å². The molecule has 0 radical (unpaired) electrons. The highest BCUT2D eigenvalue weighted by atomic mass is 16.5. The van der Waals surface area contributed by atoms with Crippen LogP contribution in [-0.4, -0.2) is 34.5 Å². The predicted molar refractivity (Wildman–Crippen MR) is 76.1 cm³/mol. The second-order valence-corrected chi connectivity index (χ2v) is 4.65. The second kappa shape index (κ2) is 6.63. The number of rotatable bonds is 7. The average Bonchev–Trinajstić information content (AvgIpc) is 2.69. The molecule has 1 N–H and O–H groups in total. The quantitative estimate of drug-likeness (QED) is 0.773. The van der Waals surface area contributed by atoms with Crippen molar-refractivity contribution in [1.82, 2.24) is 20.1 Å². The van der Waals surface area contributed by atoms with Crippen LogP contribution in [0, 0.1) is 6.92 Å². The van der Waals surface area contributed by atoms with Gasteiger partial charge in [-0.25, -0.2) is 4.98 Å². The van der Waals surface area contributed by atoms with E-state index in [2.05, 4.69) is 21.5 Å². The Morgan fingerprint density at radius 2 is 2.26 bits per heavy atom. The van der Waals surface area contributed by atoms with Crippen molar-refractivity contribution in [2.75, 3.05) is 19.8 Å². The number of aryl methyl sites for hydroxylation is 2. The van der Waals surface area contributed by atoms with E-state index in [4.69, 9.17) is 4.74 Å². The Balaban J connectivity index is 1.89. The lowest BCUT2D eigenvalue weighted by Crippen LogP contribution is -2.16. The van der Waals surface area contributed by atoms with Crippen molar-refractivity contribution in [3.8, 4) is 0 Å². The van der Waals surface area contributed by atoms with Gasteiger partial charge in [0.25, 0.3) is 0 Å². The van der Waals surface area contributed by atoms with Crippen molar-refractivity contribution in [3.05, 3.63) is 23.5 Å². The molecule has 0 aliphatic heterocycles. The Morgan fingerprint density at radius 3 is 3.05 bits per heavy atom. The molecule has 2 aromatic rings. The van der Waals surface area contributed by atoms with Crippen LogP contribution in [0.2, 0.25) is 0 Å². The molecule has 0 spiro atoms. The fourth-order valence-electron chi connectivity index (χ4n) is 2.12. The van der Waals surface area contributed by atoms with E-state index in [1.807, 2.05) is 31.8 Å². The van der Waals surface area contributed by atoms with E-state index in [9.17, 15) is 0 Å². The van der Waals surface area contributed by atoms with Gasteiger partial charge in [-0.2, -0.15) is 5.10 Å². The third-order valence-corrected chi connectivity index (χ3v) is 3.10. The topological polar surface area (TPSA) is 52.0 Å². The van der Waals surface area contributed by atoms with Gasteiger partial charge in [-0.15, -0.1) is 0 Å². The minimum Gasteiger partial charge on any atom is -0.382 e. The van der Waals surface area contributed by atoms with Crippen LogP contribution < -0.4 is 5.32 Å². The summed E-state index contributed by atoms with van der Waals surface area (Å²) in [4.78, 5) is 4.47. The van der Waals surface area contributed by atoms with E-state index < -0.39 is 0 Å². The maximum Gasteiger partial charge on any atom is 0.157 e. The van der Waals surface area contributed by atoms with Crippen LogP contribution in [0.25, 0.3) is 11.0 Å². The molecular weight excluding hydrogens is 240 g/mol. The third kappa shape index (κ3) is 3.52. The van der Waals surface area contributed by atoms with Crippen LogP contribution >= 0.6 is 0 Å². The molecule has 5 heteroatoms. The molecule has 0 aliphatic rings. The fourth-order valence-corrected chi connectivity index (χ4v) is 2.12. The zero-order chi connectivity index (χ0) is 13.7. The van der Waals surface area contributed by atoms with Gasteiger partial charge in [0.2, 0.25) is 0 Å². The maximum absolute atomic E-state index is 5.30. The van der Waals surface area contributed by atoms with Crippen LogP contribution in [0.5, 0.6) is 0 Å². The predicted octanol–water partition coefficient (Wildman–Crippen LogP) is 1.79. The van der Waals surface area contributed by atoms with E-state index in [1.54, 1.807) is 0 Å². The van der Waals surface area contributed by atoms with Gasteiger partial charge in [0.05, 0.1) is 5.69 Å². The van der Waals surface area contributed by atoms with E-state index >= 15 is 0 Å². The van der Waals surface area contributed by atoms with Gasteiger partial charge in [0.15, 0.2) is 5.65 Å². The summed E-state index contributed by atoms with van der Waals surface area (Å²) in [5, 5.41) is 8.92. The van der Waals surface area contributed by atoms with Crippen LogP contribution in [0.1, 0.15) is 24.6 Å². The third-order valence-electron chi connectivity index (χ3n) is 3.10. The summed E-state index contributed by atoms with van der Waals surface area (Å²) in [7, 11) is 1.92. The SMILES string of the molecule is CCOCCCNCc1cnc2c(c1)c(C)nn2C. The molecule has 2 heterocycles. The van der Waals surface area contributed by atoms with Gasteiger partial charge in [0, 0.05) is 38.4 Å². The Morgan fingerprint density at radius 1 is 1.42 bits per heavy atom. The summed E-state index contributed by atoms with van der Waals surface area (Å²) in [6.45, 7) is 7.45. The summed E-state index contributed by atoms with van der Waals surface area (Å²) in [5.74, 6) is 0. The van der Waals surface area contributed by atoms with Gasteiger partial charge >= 0.3 is 0 Å². The Kier molecular flexibility index (Phi) is 4.87. The number of nitrogens with one attached hydrogen (secondary N) is 1. The van der Waals surface area contributed by atoms with Crippen LogP contribution in [0.15, 0.2) is 12.3 Å². The molecule has 0 fully saturated rings. The van der Waals surface area contributed by atoms with Gasteiger partial charge < -0.3 is 10.1 Å². The molecule has 19 heavy (non-hydrogen) atoms. The van der Waals surface area contributed by atoms with Crippen molar-refractivity contribution >= 4 is 11.0 Å². The highest BCUT2D eigenvalue weighted by molar-refractivity contribution is 5.78. The van der Waals surface area contributed by atoms with Crippen molar-refractivity contribution in [2.45, 2.75) is 26.8 Å². The number of hydrogen-bond acceptors (Lipinski definition) is 4. The van der Waals surface area contributed by atoms with Crippen molar-refractivity contribution in [2.24, 2.45) is 7.05 Å². The highest BCUT2D eigenvalue weighted by Crippen LogP contribution is 2.16. The summed E-state index contributed by atoms with van der Waals surface area (Å²) < 4.78 is 7.12. The van der Waals surface area contributed by atoms with Crippen molar-refractivity contribution < 1.29 is 4.74 Å². The minimum absolute atomic E-state index is 0.793. The minimum atomic E-state index is 0.793. The van der Waals surface area contributed by atoms with Crippen molar-refractivity contribution in [3.63, 3.8) is 0 Å². The standard InChI is InChI=1S/C14H22N4O/c1-4-19-7-5-6-15-9-12-8-13-11(2)17-18(3)14(13)16-10-12/h8,10,15H,4-7,9H2,1-3H3. The molecule has 2 aromatic heterocycles. The fraction of sp³-hybridized carbons (Fsp3) is 0.571. The van der Waals surface area contributed by atoms with Crippen LogP contribution in [0.3, 0.4) is 0 Å². The largest absolute Gasteiger partial charge is 0.382 e. The summed E-state index contributed by atoms with van der Waals surface area (Å²) in [6, 6.07) is 2.17. The summed E-state index contributed by atoms with van der Waals surface area (Å²) in [5.41, 5.74) is 3.17. The highest BCUT2D eigenvalue weighted by Gasteiger charge is 2.06. The average molecular weight is 262 g/mol. The van der Waals surface area contributed by atoms with Gasteiger partial charge in [-0.3, -0.25) is 4.68 Å². The number of pyridine rings is 1. The molecule has 0 atom stereocenters. The lowest BCUT2D eigenvalue weighted by atomic mass is 10.2. The molecule has 0 unspecified atom stereocenters. The zero-order valence-electron chi connectivity index (χ0n) is 11.9. The first-order valence-electron chi connectivity index (χ1n) is 6.79. The maximum atomic E-state index is 5.30. The summed E-state index contributed by atoms with van der Waals surface area (Å²) in [6.07, 6.45) is 2.95.